The number of hydrogen-bond donors (Lipinski definition) is 3. The van der Waals surface area contributed by atoms with Crippen LogP contribution in [0, 0.1) is 0 Å². The highest BCUT2D eigenvalue weighted by atomic mass is 35.5. The van der Waals surface area contributed by atoms with Crippen LogP contribution in [0.4, 0.5) is 5.69 Å². The van der Waals surface area contributed by atoms with Crippen molar-refractivity contribution >= 4 is 33.2 Å². The third-order valence-corrected chi connectivity index (χ3v) is 4.66. The number of nitrogens with one attached hydrogen (secondary N) is 2. The zero-order valence-corrected chi connectivity index (χ0v) is 14.4. The van der Waals surface area contributed by atoms with Crippen LogP contribution in [-0.4, -0.2) is 50.5 Å². The molecule has 2 unspecified atom stereocenters. The van der Waals surface area contributed by atoms with Crippen molar-refractivity contribution in [2.75, 3.05) is 24.1 Å². The second kappa shape index (κ2) is 6.64. The molecule has 9 heteroatoms. The molecule has 0 aliphatic carbocycles. The Hall–Kier alpha value is -1.35. The lowest BCUT2D eigenvalue weighted by molar-refractivity contribution is -0.0251. The number of hydrogen-bond acceptors (Lipinski definition) is 5. The molecule has 7 nitrogen and oxygen atoms in total. The highest BCUT2D eigenvalue weighted by Crippen LogP contribution is 2.26. The predicted octanol–water partition coefficient (Wildman–Crippen LogP) is 0.981. The molecular weight excluding hydrogens is 344 g/mol. The molecule has 1 heterocycles. The molecule has 1 fully saturated rings. The van der Waals surface area contributed by atoms with Crippen molar-refractivity contribution in [3.05, 3.63) is 28.8 Å². The van der Waals surface area contributed by atoms with Gasteiger partial charge in [-0.25, -0.2) is 8.42 Å². The Kier molecular flexibility index (Phi) is 5.20. The summed E-state index contributed by atoms with van der Waals surface area (Å²) in [6.07, 6.45) is 1.07. The monoisotopic (exact) mass is 362 g/mol. The Morgan fingerprint density at radius 2 is 2.22 bits per heavy atom. The van der Waals surface area contributed by atoms with Gasteiger partial charge in [-0.3, -0.25) is 9.52 Å². The summed E-state index contributed by atoms with van der Waals surface area (Å²) in [5.41, 5.74) is -0.746. The molecule has 23 heavy (non-hydrogen) atoms. The van der Waals surface area contributed by atoms with Gasteiger partial charge in [-0.05, 0) is 25.1 Å². The highest BCUT2D eigenvalue weighted by molar-refractivity contribution is 7.92. The largest absolute Gasteiger partial charge is 0.385 e. The lowest BCUT2D eigenvalue weighted by Gasteiger charge is -2.26. The third-order valence-electron chi connectivity index (χ3n) is 3.74. The fourth-order valence-electron chi connectivity index (χ4n) is 2.28. The van der Waals surface area contributed by atoms with E-state index < -0.39 is 21.5 Å². The first-order valence-electron chi connectivity index (χ1n) is 7.00. The standard InChI is InChI=1S/C14H19ClN2O5S/c1-9-14(19,5-6-22-9)8-16-13(18)10-3-4-11(15)12(7-10)17-23(2,20)21/h3-4,7,9,17,19H,5-6,8H2,1-2H3,(H,16,18). The topological polar surface area (TPSA) is 105 Å². The van der Waals surface area contributed by atoms with Gasteiger partial charge in [-0.2, -0.15) is 0 Å². The summed E-state index contributed by atoms with van der Waals surface area (Å²) in [5.74, 6) is -0.439. The maximum atomic E-state index is 12.2. The van der Waals surface area contributed by atoms with Crippen LogP contribution in [0.3, 0.4) is 0 Å². The predicted molar refractivity (Wildman–Crippen MR) is 87.2 cm³/mol. The van der Waals surface area contributed by atoms with Crippen LogP contribution < -0.4 is 10.0 Å². The van der Waals surface area contributed by atoms with E-state index in [1.165, 1.54) is 18.2 Å². The van der Waals surface area contributed by atoms with Crippen molar-refractivity contribution in [1.82, 2.24) is 5.32 Å². The van der Waals surface area contributed by atoms with Crippen molar-refractivity contribution in [2.24, 2.45) is 0 Å². The molecule has 0 aromatic heterocycles. The van der Waals surface area contributed by atoms with Crippen molar-refractivity contribution in [1.29, 1.82) is 0 Å². The van der Waals surface area contributed by atoms with E-state index in [2.05, 4.69) is 10.0 Å². The number of amides is 1. The first kappa shape index (κ1) is 18.0. The molecule has 0 spiro atoms. The van der Waals surface area contributed by atoms with Crippen molar-refractivity contribution in [3.8, 4) is 0 Å². The van der Waals surface area contributed by atoms with E-state index in [1.54, 1.807) is 6.92 Å². The summed E-state index contributed by atoms with van der Waals surface area (Å²) in [6, 6.07) is 4.25. The molecule has 128 valence electrons. The summed E-state index contributed by atoms with van der Waals surface area (Å²) >= 11 is 5.91. The van der Waals surface area contributed by atoms with Crippen molar-refractivity contribution in [2.45, 2.75) is 25.0 Å². The maximum Gasteiger partial charge on any atom is 0.251 e. The van der Waals surface area contributed by atoms with Gasteiger partial charge in [-0.1, -0.05) is 11.6 Å². The second-order valence-electron chi connectivity index (χ2n) is 5.62. The van der Waals surface area contributed by atoms with Crippen LogP contribution >= 0.6 is 11.6 Å². The van der Waals surface area contributed by atoms with Crippen molar-refractivity contribution < 1.29 is 23.1 Å². The van der Waals surface area contributed by atoms with E-state index >= 15 is 0 Å². The van der Waals surface area contributed by atoms with Gasteiger partial charge >= 0.3 is 0 Å². The zero-order valence-electron chi connectivity index (χ0n) is 12.8. The van der Waals surface area contributed by atoms with Gasteiger partial charge in [0, 0.05) is 25.1 Å². The van der Waals surface area contributed by atoms with Crippen LogP contribution in [-0.2, 0) is 14.8 Å². The molecule has 3 N–H and O–H groups in total. The van der Waals surface area contributed by atoms with Gasteiger partial charge in [0.2, 0.25) is 10.0 Å². The number of benzene rings is 1. The molecule has 2 atom stereocenters. The number of sulfonamides is 1. The molecule has 1 aromatic rings. The van der Waals surface area contributed by atoms with E-state index in [1.807, 2.05) is 0 Å². The Balaban J connectivity index is 2.09. The number of carbonyl (C=O) groups excluding carboxylic acids is 1. The SMILES string of the molecule is CC1OCCC1(O)CNC(=O)c1ccc(Cl)c(NS(C)(=O)=O)c1. The first-order valence-corrected chi connectivity index (χ1v) is 9.27. The Morgan fingerprint density at radius 1 is 1.52 bits per heavy atom. The summed E-state index contributed by atoms with van der Waals surface area (Å²) in [5, 5.41) is 13.2. The number of ether oxygens (including phenoxy) is 1. The van der Waals surface area contributed by atoms with E-state index in [0.717, 1.165) is 6.26 Å². The minimum absolute atomic E-state index is 0.0461. The van der Waals surface area contributed by atoms with E-state index in [-0.39, 0.29) is 28.9 Å². The van der Waals surface area contributed by atoms with Crippen molar-refractivity contribution in [3.63, 3.8) is 0 Å². The molecule has 0 bridgehead atoms. The Labute approximate surface area is 140 Å². The van der Waals surface area contributed by atoms with Gasteiger partial charge < -0.3 is 15.2 Å². The number of rotatable bonds is 5. The molecular formula is C14H19ClN2O5S. The van der Waals surface area contributed by atoms with Gasteiger partial charge in [0.05, 0.1) is 23.1 Å². The lowest BCUT2D eigenvalue weighted by Crippen LogP contribution is -2.47. The summed E-state index contributed by atoms with van der Waals surface area (Å²) in [7, 11) is -3.51. The number of aliphatic hydroxyl groups is 1. The average Bonchev–Trinajstić information content (AvgIpc) is 2.77. The number of halogens is 1. The zero-order chi connectivity index (χ0) is 17.3. The molecule has 1 saturated heterocycles. The Bertz CT molecular complexity index is 709. The van der Waals surface area contributed by atoms with Crippen LogP contribution in [0.2, 0.25) is 5.02 Å². The van der Waals surface area contributed by atoms with Crippen LogP contribution in [0.25, 0.3) is 0 Å². The molecule has 1 aliphatic rings. The van der Waals surface area contributed by atoms with E-state index in [0.29, 0.717) is 13.0 Å². The molecule has 1 aliphatic heterocycles. The van der Waals surface area contributed by atoms with Gasteiger partial charge in [0.15, 0.2) is 0 Å². The van der Waals surface area contributed by atoms with Crippen LogP contribution in [0.5, 0.6) is 0 Å². The van der Waals surface area contributed by atoms with Crippen LogP contribution in [0.1, 0.15) is 23.7 Å². The molecule has 1 aromatic carbocycles. The average molecular weight is 363 g/mol. The smallest absolute Gasteiger partial charge is 0.251 e. The normalized spacial score (nSPS) is 24.4. The third kappa shape index (κ3) is 4.57. The molecule has 0 radical (unpaired) electrons. The molecule has 2 rings (SSSR count). The number of anilines is 1. The summed E-state index contributed by atoms with van der Waals surface area (Å²) in [4.78, 5) is 12.2. The first-order chi connectivity index (χ1) is 10.6. The quantitative estimate of drug-likeness (QED) is 0.724. The van der Waals surface area contributed by atoms with E-state index in [4.69, 9.17) is 16.3 Å². The lowest BCUT2D eigenvalue weighted by atomic mass is 9.96. The summed E-state index contributed by atoms with van der Waals surface area (Å²) in [6.45, 7) is 2.23. The fraction of sp³-hybridized carbons (Fsp3) is 0.500. The highest BCUT2D eigenvalue weighted by Gasteiger charge is 2.39. The second-order valence-corrected chi connectivity index (χ2v) is 7.77. The van der Waals surface area contributed by atoms with Gasteiger partial charge in [-0.15, -0.1) is 0 Å². The van der Waals surface area contributed by atoms with Gasteiger partial charge in [0.1, 0.15) is 5.60 Å². The fourth-order valence-corrected chi connectivity index (χ4v) is 3.07. The number of carbonyl (C=O) groups is 1. The summed E-state index contributed by atoms with van der Waals surface area (Å²) < 4.78 is 30.1. The minimum Gasteiger partial charge on any atom is -0.385 e. The van der Waals surface area contributed by atoms with Gasteiger partial charge in [0.25, 0.3) is 5.91 Å². The van der Waals surface area contributed by atoms with Crippen LogP contribution in [0.15, 0.2) is 18.2 Å². The molecule has 1 amide bonds. The Morgan fingerprint density at radius 3 is 2.78 bits per heavy atom. The van der Waals surface area contributed by atoms with E-state index in [9.17, 15) is 18.3 Å². The maximum absolute atomic E-state index is 12.2. The minimum atomic E-state index is -3.51. The molecule has 0 saturated carbocycles.